The number of rotatable bonds is 7. The molecular weight excluding hydrogens is 186 g/mol. The lowest BCUT2D eigenvalue weighted by Gasteiger charge is -2.19. The summed E-state index contributed by atoms with van der Waals surface area (Å²) >= 11 is 0. The Hall–Kier alpha value is -0.370. The van der Waals surface area contributed by atoms with Crippen molar-refractivity contribution in [2.45, 2.75) is 53.4 Å². The summed E-state index contributed by atoms with van der Waals surface area (Å²) in [5, 5.41) is 0. The van der Waals surface area contributed by atoms with Gasteiger partial charge in [0.05, 0.1) is 0 Å². The minimum absolute atomic E-state index is 0.138. The van der Waals surface area contributed by atoms with Crippen LogP contribution in [0.3, 0.4) is 0 Å². The van der Waals surface area contributed by atoms with Gasteiger partial charge in [-0.2, -0.15) is 0 Å². The Morgan fingerprint density at radius 1 is 1.20 bits per heavy atom. The molecule has 90 valence electrons. The van der Waals surface area contributed by atoms with Crippen molar-refractivity contribution >= 4 is 5.78 Å². The zero-order valence-electron chi connectivity index (χ0n) is 11.1. The first-order chi connectivity index (χ1) is 6.85. The van der Waals surface area contributed by atoms with Crippen molar-refractivity contribution in [2.24, 2.45) is 5.41 Å². The Kier molecular flexibility index (Phi) is 6.82. The summed E-state index contributed by atoms with van der Waals surface area (Å²) < 4.78 is 0. The zero-order chi connectivity index (χ0) is 11.9. The quantitative estimate of drug-likeness (QED) is 0.647. The van der Waals surface area contributed by atoms with E-state index in [1.165, 1.54) is 12.8 Å². The van der Waals surface area contributed by atoms with Crippen molar-refractivity contribution in [3.8, 4) is 0 Å². The van der Waals surface area contributed by atoms with Gasteiger partial charge in [0, 0.05) is 19.4 Å². The minimum Gasteiger partial charge on any atom is -0.306 e. The van der Waals surface area contributed by atoms with E-state index in [1.807, 2.05) is 0 Å². The monoisotopic (exact) mass is 213 g/mol. The summed E-state index contributed by atoms with van der Waals surface area (Å²) in [6, 6.07) is 0. The summed E-state index contributed by atoms with van der Waals surface area (Å²) in [4.78, 5) is 13.9. The average molecular weight is 213 g/mol. The van der Waals surface area contributed by atoms with Crippen LogP contribution in [0.5, 0.6) is 0 Å². The Balaban J connectivity index is 3.62. The van der Waals surface area contributed by atoms with Gasteiger partial charge < -0.3 is 4.90 Å². The van der Waals surface area contributed by atoms with Crippen molar-refractivity contribution in [2.75, 3.05) is 20.1 Å². The number of Topliss-reactive ketones (excluding diaryl/α,β-unsaturated/α-hetero) is 1. The second-order valence-corrected chi connectivity index (χ2v) is 5.68. The molecule has 0 aliphatic carbocycles. The van der Waals surface area contributed by atoms with Crippen LogP contribution < -0.4 is 0 Å². The van der Waals surface area contributed by atoms with E-state index < -0.39 is 0 Å². The number of hydrogen-bond donors (Lipinski definition) is 0. The molecule has 0 aliphatic rings. The van der Waals surface area contributed by atoms with E-state index in [0.717, 1.165) is 13.1 Å². The lowest BCUT2D eigenvalue weighted by molar-refractivity contribution is -0.121. The molecule has 0 spiro atoms. The first kappa shape index (κ1) is 14.6. The molecule has 2 heteroatoms. The molecule has 0 rings (SSSR count). The van der Waals surface area contributed by atoms with E-state index in [0.29, 0.717) is 18.6 Å². The van der Waals surface area contributed by atoms with E-state index in [1.54, 1.807) is 0 Å². The molecule has 0 aromatic heterocycles. The summed E-state index contributed by atoms with van der Waals surface area (Å²) in [5.74, 6) is 0.394. The normalized spacial score (nSPS) is 12.1. The van der Waals surface area contributed by atoms with Gasteiger partial charge in [-0.3, -0.25) is 4.79 Å². The third kappa shape index (κ3) is 9.92. The van der Waals surface area contributed by atoms with Crippen LogP contribution in [-0.2, 0) is 4.79 Å². The fourth-order valence-electron chi connectivity index (χ4n) is 1.54. The number of hydrogen-bond acceptors (Lipinski definition) is 2. The molecule has 0 heterocycles. The number of unbranched alkanes of at least 4 members (excludes halogenated alkanes) is 1. The molecule has 15 heavy (non-hydrogen) atoms. The maximum Gasteiger partial charge on any atom is 0.134 e. The highest BCUT2D eigenvalue weighted by molar-refractivity contribution is 5.79. The van der Waals surface area contributed by atoms with E-state index in [9.17, 15) is 4.79 Å². The van der Waals surface area contributed by atoms with Crippen LogP contribution in [0.2, 0.25) is 0 Å². The van der Waals surface area contributed by atoms with Gasteiger partial charge in [0.2, 0.25) is 0 Å². The van der Waals surface area contributed by atoms with Gasteiger partial charge in [-0.1, -0.05) is 34.1 Å². The van der Waals surface area contributed by atoms with Crippen LogP contribution in [0.15, 0.2) is 0 Å². The fourth-order valence-corrected chi connectivity index (χ4v) is 1.54. The van der Waals surface area contributed by atoms with Crippen LogP contribution in [0.4, 0.5) is 0 Å². The van der Waals surface area contributed by atoms with Gasteiger partial charge in [0.1, 0.15) is 5.78 Å². The molecule has 2 nitrogen and oxygen atoms in total. The molecule has 0 aliphatic heterocycles. The van der Waals surface area contributed by atoms with Gasteiger partial charge in [0.15, 0.2) is 0 Å². The molecule has 0 fully saturated rings. The maximum atomic E-state index is 11.6. The number of carbonyl (C=O) groups is 1. The Bertz CT molecular complexity index is 181. The van der Waals surface area contributed by atoms with Crippen LogP contribution in [0.25, 0.3) is 0 Å². The number of nitrogens with zero attached hydrogens (tertiary/aromatic N) is 1. The molecular formula is C13H27NO. The van der Waals surface area contributed by atoms with Crippen LogP contribution in [0.1, 0.15) is 53.4 Å². The Morgan fingerprint density at radius 2 is 1.80 bits per heavy atom. The molecule has 0 amide bonds. The van der Waals surface area contributed by atoms with E-state index >= 15 is 0 Å². The lowest BCUT2D eigenvalue weighted by Crippen LogP contribution is -2.24. The average Bonchev–Trinajstić information content (AvgIpc) is 2.08. The topological polar surface area (TPSA) is 20.3 Å². The summed E-state index contributed by atoms with van der Waals surface area (Å²) in [5.41, 5.74) is 0.138. The largest absolute Gasteiger partial charge is 0.306 e. The summed E-state index contributed by atoms with van der Waals surface area (Å²) in [6.45, 7) is 10.6. The highest BCUT2D eigenvalue weighted by Crippen LogP contribution is 2.19. The van der Waals surface area contributed by atoms with Crippen molar-refractivity contribution in [3.05, 3.63) is 0 Å². The van der Waals surface area contributed by atoms with Crippen molar-refractivity contribution in [1.82, 2.24) is 4.90 Å². The molecule has 0 unspecified atom stereocenters. The molecule has 0 aromatic carbocycles. The summed E-state index contributed by atoms with van der Waals surface area (Å²) in [6.07, 6.45) is 3.86. The molecule has 0 atom stereocenters. The molecule has 0 aromatic rings. The predicted octanol–water partition coefficient (Wildman–Crippen LogP) is 3.11. The Morgan fingerprint density at radius 3 is 2.27 bits per heavy atom. The number of carbonyl (C=O) groups excluding carboxylic acids is 1. The Labute approximate surface area is 95.0 Å². The van der Waals surface area contributed by atoms with Gasteiger partial charge in [-0.25, -0.2) is 0 Å². The zero-order valence-corrected chi connectivity index (χ0v) is 11.1. The minimum atomic E-state index is 0.138. The van der Waals surface area contributed by atoms with Gasteiger partial charge in [-0.15, -0.1) is 0 Å². The third-order valence-electron chi connectivity index (χ3n) is 2.39. The van der Waals surface area contributed by atoms with E-state index in [4.69, 9.17) is 0 Å². The van der Waals surface area contributed by atoms with E-state index in [-0.39, 0.29) is 5.41 Å². The maximum absolute atomic E-state index is 11.6. The molecule has 0 radical (unpaired) electrons. The second-order valence-electron chi connectivity index (χ2n) is 5.68. The van der Waals surface area contributed by atoms with Crippen molar-refractivity contribution < 1.29 is 4.79 Å². The van der Waals surface area contributed by atoms with Gasteiger partial charge in [0.25, 0.3) is 0 Å². The predicted molar refractivity (Wildman–Crippen MR) is 66.1 cm³/mol. The first-order valence-corrected chi connectivity index (χ1v) is 6.05. The highest BCUT2D eigenvalue weighted by Gasteiger charge is 2.15. The molecule has 0 saturated carbocycles. The highest BCUT2D eigenvalue weighted by atomic mass is 16.1. The van der Waals surface area contributed by atoms with Crippen LogP contribution in [0, 0.1) is 5.41 Å². The van der Waals surface area contributed by atoms with E-state index in [2.05, 4.69) is 39.6 Å². The fraction of sp³-hybridized carbons (Fsp3) is 0.923. The smallest absolute Gasteiger partial charge is 0.134 e. The van der Waals surface area contributed by atoms with Crippen molar-refractivity contribution in [3.63, 3.8) is 0 Å². The van der Waals surface area contributed by atoms with Gasteiger partial charge in [-0.05, 0) is 25.4 Å². The lowest BCUT2D eigenvalue weighted by atomic mass is 9.89. The molecule has 0 N–H and O–H groups in total. The van der Waals surface area contributed by atoms with Crippen molar-refractivity contribution in [1.29, 1.82) is 0 Å². The first-order valence-electron chi connectivity index (χ1n) is 6.05. The molecule has 0 bridgehead atoms. The number of ketones is 1. The van der Waals surface area contributed by atoms with Crippen LogP contribution in [-0.4, -0.2) is 30.8 Å². The second kappa shape index (κ2) is 7.00. The van der Waals surface area contributed by atoms with Crippen LogP contribution >= 0.6 is 0 Å². The third-order valence-corrected chi connectivity index (χ3v) is 2.39. The molecule has 0 saturated heterocycles. The summed E-state index contributed by atoms with van der Waals surface area (Å²) in [7, 11) is 2.10. The SMILES string of the molecule is CCCCN(C)CCC(=O)CC(C)(C)C. The van der Waals surface area contributed by atoms with Gasteiger partial charge >= 0.3 is 0 Å². The standard InChI is InChI=1S/C13H27NO/c1-6-7-9-14(5)10-8-12(15)11-13(2,3)4/h6-11H2,1-5H3.